The highest BCUT2D eigenvalue weighted by Crippen LogP contribution is 2.18. The topological polar surface area (TPSA) is 209 Å². The van der Waals surface area contributed by atoms with Gasteiger partial charge in [-0.1, -0.05) is 32.0 Å². The van der Waals surface area contributed by atoms with Crippen LogP contribution in [0.3, 0.4) is 0 Å². The number of H-pyrrole nitrogens is 1. The van der Waals surface area contributed by atoms with E-state index in [0.717, 1.165) is 16.5 Å². The minimum absolute atomic E-state index is 0.0324. The molecular weight excluding hydrogens is 468 g/mol. The molecule has 2 rings (SSSR count). The number of carbonyl (C=O) groups excluding carboxylic acids is 4. The van der Waals surface area contributed by atoms with Gasteiger partial charge in [0, 0.05) is 17.1 Å². The Labute approximate surface area is 208 Å². The summed E-state index contributed by atoms with van der Waals surface area (Å²) in [5.74, 6) is -4.32. The highest BCUT2D eigenvalue weighted by atomic mass is 16.4. The lowest BCUT2D eigenvalue weighted by atomic mass is 10.0. The van der Waals surface area contributed by atoms with Crippen molar-refractivity contribution >= 4 is 40.5 Å². The number of carboxylic acids is 1. The maximum atomic E-state index is 12.7. The molecule has 196 valence electrons. The van der Waals surface area contributed by atoms with Gasteiger partial charge in [-0.25, -0.2) is 4.79 Å². The van der Waals surface area contributed by atoms with Gasteiger partial charge < -0.3 is 37.5 Å². The highest BCUT2D eigenvalue weighted by molar-refractivity contribution is 5.95. The van der Waals surface area contributed by atoms with E-state index in [2.05, 4.69) is 20.9 Å². The summed E-state index contributed by atoms with van der Waals surface area (Å²) in [7, 11) is 0. The van der Waals surface area contributed by atoms with Crippen molar-refractivity contribution < 1.29 is 29.1 Å². The van der Waals surface area contributed by atoms with Crippen LogP contribution in [-0.2, 0) is 30.4 Å². The second-order valence-corrected chi connectivity index (χ2v) is 9.16. The second-order valence-electron chi connectivity index (χ2n) is 9.16. The Morgan fingerprint density at radius 2 is 1.58 bits per heavy atom. The smallest absolute Gasteiger partial charge is 0.326 e. The zero-order chi connectivity index (χ0) is 27.0. The summed E-state index contributed by atoms with van der Waals surface area (Å²) < 4.78 is 0. The molecule has 9 N–H and O–H groups in total. The van der Waals surface area contributed by atoms with Crippen molar-refractivity contribution in [2.24, 2.45) is 17.4 Å². The highest BCUT2D eigenvalue weighted by Gasteiger charge is 2.30. The molecule has 0 spiro atoms. The standard InChI is InChI=1S/C24H34N6O6/c1-12(2)8-18(23(34)30-19(24(35)36)10-20(26)31)29-21(32)13(3)28-22(33)16(25)9-14-11-27-17-7-5-4-6-15(14)17/h4-7,11-13,16,18-19,27H,8-10,25H2,1-3H3,(H2,26,31)(H,28,33)(H,29,32)(H,30,34)(H,35,36). The number of primary amides is 1. The first-order valence-corrected chi connectivity index (χ1v) is 11.6. The summed E-state index contributed by atoms with van der Waals surface area (Å²) in [6, 6.07) is 3.05. The van der Waals surface area contributed by atoms with Crippen molar-refractivity contribution in [3.8, 4) is 0 Å². The number of fused-ring (bicyclic) bond motifs is 1. The summed E-state index contributed by atoms with van der Waals surface area (Å²) in [6.45, 7) is 5.09. The average Bonchev–Trinajstić information content (AvgIpc) is 3.20. The van der Waals surface area contributed by atoms with Crippen LogP contribution in [0.2, 0.25) is 0 Å². The van der Waals surface area contributed by atoms with Crippen molar-refractivity contribution in [2.75, 3.05) is 0 Å². The van der Waals surface area contributed by atoms with Crippen LogP contribution >= 0.6 is 0 Å². The zero-order valence-corrected chi connectivity index (χ0v) is 20.5. The van der Waals surface area contributed by atoms with Crippen molar-refractivity contribution in [3.63, 3.8) is 0 Å². The Morgan fingerprint density at radius 3 is 2.19 bits per heavy atom. The quantitative estimate of drug-likeness (QED) is 0.191. The molecule has 0 aliphatic rings. The largest absolute Gasteiger partial charge is 0.480 e. The molecule has 0 aliphatic heterocycles. The maximum Gasteiger partial charge on any atom is 0.326 e. The van der Waals surface area contributed by atoms with E-state index in [1.807, 2.05) is 38.1 Å². The number of amides is 4. The molecule has 12 heteroatoms. The molecule has 0 fully saturated rings. The number of benzene rings is 1. The normalized spacial score (nSPS) is 14.5. The number of aromatic amines is 1. The van der Waals surface area contributed by atoms with Crippen LogP contribution < -0.4 is 27.4 Å². The lowest BCUT2D eigenvalue weighted by Crippen LogP contribution is -2.57. The van der Waals surface area contributed by atoms with Gasteiger partial charge in [-0.05, 0) is 37.3 Å². The van der Waals surface area contributed by atoms with Crippen LogP contribution in [0.25, 0.3) is 10.9 Å². The molecule has 4 unspecified atom stereocenters. The van der Waals surface area contributed by atoms with E-state index in [1.165, 1.54) is 6.92 Å². The Hall–Kier alpha value is -3.93. The summed E-state index contributed by atoms with van der Waals surface area (Å²) in [5, 5.41) is 17.5. The number of carbonyl (C=O) groups is 5. The van der Waals surface area contributed by atoms with E-state index in [4.69, 9.17) is 11.5 Å². The molecule has 4 atom stereocenters. The predicted octanol–water partition coefficient (Wildman–Crippen LogP) is -0.482. The van der Waals surface area contributed by atoms with Crippen molar-refractivity contribution in [2.45, 2.75) is 64.2 Å². The fourth-order valence-electron chi connectivity index (χ4n) is 3.69. The summed E-state index contributed by atoms with van der Waals surface area (Å²) in [4.78, 5) is 63.6. The first-order chi connectivity index (χ1) is 16.9. The van der Waals surface area contributed by atoms with Gasteiger partial charge >= 0.3 is 5.97 Å². The third-order valence-corrected chi connectivity index (χ3v) is 5.56. The molecule has 1 aromatic carbocycles. The molecule has 1 aromatic heterocycles. The molecule has 0 radical (unpaired) electrons. The van der Waals surface area contributed by atoms with Gasteiger partial charge in [0.1, 0.15) is 18.1 Å². The number of para-hydroxylation sites is 1. The Kier molecular flexibility index (Phi) is 9.97. The Balaban J connectivity index is 1.99. The number of carboxylic acid groups (broad SMARTS) is 1. The van der Waals surface area contributed by atoms with Gasteiger partial charge in [0.2, 0.25) is 23.6 Å². The van der Waals surface area contributed by atoms with Crippen molar-refractivity contribution in [1.29, 1.82) is 0 Å². The Morgan fingerprint density at radius 1 is 0.944 bits per heavy atom. The van der Waals surface area contributed by atoms with Crippen molar-refractivity contribution in [3.05, 3.63) is 36.0 Å². The first-order valence-electron chi connectivity index (χ1n) is 11.6. The molecular formula is C24H34N6O6. The van der Waals surface area contributed by atoms with E-state index in [1.54, 1.807) is 6.20 Å². The summed E-state index contributed by atoms with van der Waals surface area (Å²) in [6.07, 6.45) is 1.64. The van der Waals surface area contributed by atoms with E-state index in [-0.39, 0.29) is 18.8 Å². The fourth-order valence-corrected chi connectivity index (χ4v) is 3.69. The number of hydrogen-bond acceptors (Lipinski definition) is 6. The maximum absolute atomic E-state index is 12.7. The lowest BCUT2D eigenvalue weighted by Gasteiger charge is -2.24. The molecule has 36 heavy (non-hydrogen) atoms. The minimum atomic E-state index is -1.53. The molecule has 0 saturated carbocycles. The zero-order valence-electron chi connectivity index (χ0n) is 20.5. The Bertz CT molecular complexity index is 1110. The van der Waals surface area contributed by atoms with E-state index in [9.17, 15) is 29.1 Å². The van der Waals surface area contributed by atoms with Gasteiger partial charge in [-0.3, -0.25) is 19.2 Å². The van der Waals surface area contributed by atoms with E-state index >= 15 is 0 Å². The van der Waals surface area contributed by atoms with Gasteiger partial charge in [0.05, 0.1) is 12.5 Å². The van der Waals surface area contributed by atoms with Gasteiger partial charge in [-0.15, -0.1) is 0 Å². The second kappa shape index (κ2) is 12.7. The molecule has 2 aromatic rings. The molecule has 12 nitrogen and oxygen atoms in total. The molecule has 0 bridgehead atoms. The van der Waals surface area contributed by atoms with Gasteiger partial charge in [0.15, 0.2) is 0 Å². The minimum Gasteiger partial charge on any atom is -0.480 e. The predicted molar refractivity (Wildman–Crippen MR) is 132 cm³/mol. The summed E-state index contributed by atoms with van der Waals surface area (Å²) in [5.41, 5.74) is 12.9. The summed E-state index contributed by atoms with van der Waals surface area (Å²) >= 11 is 0. The van der Waals surface area contributed by atoms with Crippen LogP contribution in [0, 0.1) is 5.92 Å². The third kappa shape index (κ3) is 8.08. The van der Waals surface area contributed by atoms with Gasteiger partial charge in [0.25, 0.3) is 0 Å². The van der Waals surface area contributed by atoms with E-state index in [0.29, 0.717) is 0 Å². The third-order valence-electron chi connectivity index (χ3n) is 5.56. The van der Waals surface area contributed by atoms with Crippen LogP contribution in [0.5, 0.6) is 0 Å². The van der Waals surface area contributed by atoms with Crippen LogP contribution in [0.15, 0.2) is 30.5 Å². The monoisotopic (exact) mass is 502 g/mol. The molecule has 1 heterocycles. The number of aliphatic carboxylic acids is 1. The number of nitrogens with two attached hydrogens (primary N) is 2. The lowest BCUT2D eigenvalue weighted by molar-refractivity contribution is -0.143. The number of hydrogen-bond donors (Lipinski definition) is 7. The van der Waals surface area contributed by atoms with Crippen molar-refractivity contribution in [1.82, 2.24) is 20.9 Å². The van der Waals surface area contributed by atoms with E-state index < -0.39 is 60.2 Å². The first kappa shape index (κ1) is 28.3. The van der Waals surface area contributed by atoms with Gasteiger partial charge in [-0.2, -0.15) is 0 Å². The molecule has 4 amide bonds. The SMILES string of the molecule is CC(C)CC(NC(=O)C(C)NC(=O)C(N)Cc1c[nH]c2ccccc12)C(=O)NC(CC(N)=O)C(=O)O. The van der Waals surface area contributed by atoms with Crippen LogP contribution in [0.1, 0.15) is 39.2 Å². The van der Waals surface area contributed by atoms with Crippen LogP contribution in [0.4, 0.5) is 0 Å². The fraction of sp³-hybridized carbons (Fsp3) is 0.458. The average molecular weight is 503 g/mol. The number of rotatable bonds is 13. The number of nitrogens with one attached hydrogen (secondary N) is 4. The number of aromatic nitrogens is 1. The van der Waals surface area contributed by atoms with Crippen LogP contribution in [-0.4, -0.2) is 63.9 Å². The molecule has 0 aliphatic carbocycles. The molecule has 0 saturated heterocycles.